The van der Waals surface area contributed by atoms with Gasteiger partial charge in [0.05, 0.1) is 0 Å². The molecule has 0 aromatic rings. The van der Waals surface area contributed by atoms with Gasteiger partial charge in [0, 0.05) is 0 Å². The molecule has 0 atom stereocenters. The number of likely N-dealkylation sites (N-methyl/N-ethyl adjacent to an activating group) is 1. The van der Waals surface area contributed by atoms with Crippen molar-refractivity contribution >= 4 is 4.50 Å². The normalized spacial score (nSPS) is 5.44. The van der Waals surface area contributed by atoms with Crippen LogP contribution in [-0.2, 0) is 39.1 Å². The standard InChI is InChI=1S/C6H11N.5CO.Cr/c1-4-5-6-7(2)3;5*1-2;/h4-5H,1-3H3;;;;;;/b5-4+;;;;;;. The third-order valence-corrected chi connectivity index (χ3v) is 1.53. The molecule has 7 heteroatoms. The van der Waals surface area contributed by atoms with E-state index in [1.807, 2.05) is 38.1 Å². The fourth-order valence-electron chi connectivity index (χ4n) is 0.292. The van der Waals surface area contributed by atoms with Crippen molar-refractivity contribution in [3.63, 3.8) is 0 Å². The summed E-state index contributed by atoms with van der Waals surface area (Å²) in [6.07, 6.45) is 4.03. The number of allylic oxidation sites excluding steroid dienone is 1. The summed E-state index contributed by atoms with van der Waals surface area (Å²) in [6.45, 7) is 24.5. The zero-order valence-corrected chi connectivity index (χ0v) is 11.3. The molecule has 0 spiro atoms. The number of nitrogens with zero attached hydrogens (tertiary/aromatic N) is 1. The third-order valence-electron chi connectivity index (χ3n) is 0.750. The molecule has 0 aliphatic rings. The van der Waals surface area contributed by atoms with Crippen LogP contribution < -0.4 is 0 Å². The quantitative estimate of drug-likeness (QED) is 0.539. The van der Waals surface area contributed by atoms with Crippen LogP contribution in [0.2, 0.25) is 0 Å². The van der Waals surface area contributed by atoms with Crippen molar-refractivity contribution in [1.82, 2.24) is 4.90 Å². The SMILES string of the molecule is C/C=C/[C](=[Cr])N(C)C.[C-]#[O+].[C-]#[O+].[C-]#[O+].[C-]#[O+].[C-]#[O+]. The van der Waals surface area contributed by atoms with Gasteiger partial charge in [-0.2, -0.15) is 0 Å². The Morgan fingerprint density at radius 1 is 0.833 bits per heavy atom. The number of hydrogen-bond acceptors (Lipinski definition) is 1. The van der Waals surface area contributed by atoms with Gasteiger partial charge in [-0.1, -0.05) is 0 Å². The van der Waals surface area contributed by atoms with Crippen molar-refractivity contribution < 1.29 is 39.1 Å². The monoisotopic (exact) mass is 289 g/mol. The van der Waals surface area contributed by atoms with Crippen molar-refractivity contribution in [2.45, 2.75) is 6.92 Å². The van der Waals surface area contributed by atoms with E-state index in [1.165, 1.54) is 0 Å². The summed E-state index contributed by atoms with van der Waals surface area (Å²) >= 11 is 2.93. The molecule has 0 aliphatic carbocycles. The van der Waals surface area contributed by atoms with Crippen LogP contribution in [0.1, 0.15) is 6.92 Å². The predicted octanol–water partition coefficient (Wildman–Crippen LogP) is 0.613. The van der Waals surface area contributed by atoms with Gasteiger partial charge in [0.1, 0.15) is 0 Å². The van der Waals surface area contributed by atoms with E-state index >= 15 is 0 Å². The van der Waals surface area contributed by atoms with E-state index in [1.54, 1.807) is 0 Å². The minimum atomic E-state index is 1.16. The number of hydrogen-bond donors (Lipinski definition) is 0. The van der Waals surface area contributed by atoms with E-state index in [4.69, 9.17) is 23.3 Å². The van der Waals surface area contributed by atoms with Crippen LogP contribution in [0.15, 0.2) is 12.2 Å². The molecular formula is C11H11CrNO5. The van der Waals surface area contributed by atoms with Crippen molar-refractivity contribution in [1.29, 1.82) is 0 Å². The van der Waals surface area contributed by atoms with Crippen LogP contribution >= 0.6 is 0 Å². The Morgan fingerprint density at radius 3 is 1.11 bits per heavy atom. The first-order chi connectivity index (χ1) is 8.68. The molecule has 0 aromatic heterocycles. The minimum absolute atomic E-state index is 1.16. The van der Waals surface area contributed by atoms with E-state index in [0.717, 1.165) is 4.50 Å². The average molecular weight is 289 g/mol. The van der Waals surface area contributed by atoms with Crippen LogP contribution in [0.25, 0.3) is 0 Å². The zero-order valence-electron chi connectivity index (χ0n) is 10.1. The molecule has 0 saturated carbocycles. The van der Waals surface area contributed by atoms with Crippen molar-refractivity contribution in [3.8, 4) is 0 Å². The summed E-state index contributed by atoms with van der Waals surface area (Å²) in [5.41, 5.74) is 0. The third kappa shape index (κ3) is 83.8. The average Bonchev–Trinajstić information content (AvgIpc) is 2.49. The van der Waals surface area contributed by atoms with Crippen molar-refractivity contribution in [2.24, 2.45) is 0 Å². The summed E-state index contributed by atoms with van der Waals surface area (Å²) in [7, 11) is 4.01. The van der Waals surface area contributed by atoms with E-state index in [0.29, 0.717) is 0 Å². The van der Waals surface area contributed by atoms with Crippen LogP contribution in [0, 0.1) is 33.3 Å². The molecule has 0 aromatic carbocycles. The molecule has 0 saturated heterocycles. The van der Waals surface area contributed by atoms with Gasteiger partial charge in [-0.3, -0.25) is 0 Å². The van der Waals surface area contributed by atoms with Crippen molar-refractivity contribution in [3.05, 3.63) is 45.4 Å². The van der Waals surface area contributed by atoms with E-state index in [9.17, 15) is 0 Å². The second kappa shape index (κ2) is 74.8. The summed E-state index contributed by atoms with van der Waals surface area (Å²) in [6, 6.07) is 0. The molecule has 0 fully saturated rings. The van der Waals surface area contributed by atoms with Gasteiger partial charge < -0.3 is 0 Å². The van der Waals surface area contributed by atoms with E-state index < -0.39 is 0 Å². The molecular weight excluding hydrogens is 278 g/mol. The molecule has 0 amide bonds. The Hall–Kier alpha value is -1.20. The van der Waals surface area contributed by atoms with Gasteiger partial charge in [-0.25, -0.2) is 0 Å². The Labute approximate surface area is 115 Å². The molecule has 0 heterocycles. The molecule has 6 nitrogen and oxygen atoms in total. The molecule has 0 unspecified atom stereocenters. The van der Waals surface area contributed by atoms with Gasteiger partial charge in [-0.15, -0.1) is 0 Å². The molecule has 0 aliphatic heterocycles. The summed E-state index contributed by atoms with van der Waals surface area (Å²) in [5, 5.41) is 0. The maximum absolute atomic E-state index is 7.50. The summed E-state index contributed by atoms with van der Waals surface area (Å²) < 4.78 is 38.7. The second-order valence-corrected chi connectivity index (χ2v) is 2.39. The van der Waals surface area contributed by atoms with E-state index in [2.05, 4.69) is 49.1 Å². The summed E-state index contributed by atoms with van der Waals surface area (Å²) in [5.74, 6) is 0. The van der Waals surface area contributed by atoms with Gasteiger partial charge >= 0.3 is 115 Å². The van der Waals surface area contributed by atoms with Gasteiger partial charge in [-0.05, 0) is 0 Å². The topological polar surface area (TPSA) is 103 Å². The summed E-state index contributed by atoms with van der Waals surface area (Å²) in [4.78, 5) is 2.03. The molecule has 0 bridgehead atoms. The maximum atomic E-state index is 7.50. The molecule has 0 radical (unpaired) electrons. The Bertz CT molecular complexity index is 239. The molecule has 0 rings (SSSR count). The van der Waals surface area contributed by atoms with Gasteiger partial charge in [0.15, 0.2) is 0 Å². The Morgan fingerprint density at radius 2 is 1.06 bits per heavy atom. The van der Waals surface area contributed by atoms with Crippen LogP contribution in [0.4, 0.5) is 0 Å². The predicted molar refractivity (Wildman–Crippen MR) is 53.2 cm³/mol. The van der Waals surface area contributed by atoms with E-state index in [-0.39, 0.29) is 0 Å². The second-order valence-electron chi connectivity index (χ2n) is 1.73. The molecule has 96 valence electrons. The Balaban J connectivity index is -0.0000000304. The fourth-order valence-corrected chi connectivity index (χ4v) is 0.504. The van der Waals surface area contributed by atoms with Gasteiger partial charge in [0.2, 0.25) is 0 Å². The number of rotatable bonds is 2. The first-order valence-electron chi connectivity index (χ1n) is 3.54. The first-order valence-corrected chi connectivity index (χ1v) is 4.18. The first kappa shape index (κ1) is 36.0. The van der Waals surface area contributed by atoms with Crippen LogP contribution in [0.5, 0.6) is 0 Å². The molecule has 0 N–H and O–H groups in total. The van der Waals surface area contributed by atoms with Gasteiger partial charge in [0.25, 0.3) is 0 Å². The molecule has 18 heavy (non-hydrogen) atoms. The fraction of sp³-hybridized carbons (Fsp3) is 0.273. The zero-order chi connectivity index (χ0) is 16.6. The Kier molecular flexibility index (Phi) is 149. The van der Waals surface area contributed by atoms with Crippen molar-refractivity contribution in [2.75, 3.05) is 14.1 Å². The van der Waals surface area contributed by atoms with Crippen LogP contribution in [0.3, 0.4) is 0 Å². The van der Waals surface area contributed by atoms with Crippen LogP contribution in [-0.4, -0.2) is 23.5 Å².